The zero-order valence-electron chi connectivity index (χ0n) is 17.9. The quantitative estimate of drug-likeness (QED) is 0.629. The third kappa shape index (κ3) is 4.24. The Labute approximate surface area is 178 Å². The van der Waals surface area contributed by atoms with Gasteiger partial charge in [0, 0.05) is 18.3 Å². The van der Waals surface area contributed by atoms with Crippen molar-refractivity contribution in [3.63, 3.8) is 0 Å². The molecule has 30 heavy (non-hydrogen) atoms. The van der Waals surface area contributed by atoms with Crippen LogP contribution in [0.15, 0.2) is 65.6 Å². The lowest BCUT2D eigenvalue weighted by atomic mass is 10.1. The first-order valence-electron chi connectivity index (χ1n) is 9.65. The van der Waals surface area contributed by atoms with E-state index in [1.807, 2.05) is 39.0 Å². The monoisotopic (exact) mass is 422 g/mol. The maximum atomic E-state index is 13.0. The second-order valence-corrected chi connectivity index (χ2v) is 9.48. The number of hydrogen-bond donors (Lipinski definition) is 1. The van der Waals surface area contributed by atoms with Gasteiger partial charge in [0.25, 0.3) is 15.9 Å². The Bertz CT molecular complexity index is 1180. The van der Waals surface area contributed by atoms with E-state index in [2.05, 4.69) is 5.32 Å². The Kier molecular flexibility index (Phi) is 5.99. The molecule has 0 saturated heterocycles. The molecule has 156 valence electrons. The van der Waals surface area contributed by atoms with Crippen molar-refractivity contribution >= 4 is 27.3 Å². The molecule has 0 spiro atoms. The van der Waals surface area contributed by atoms with Gasteiger partial charge >= 0.3 is 0 Å². The van der Waals surface area contributed by atoms with E-state index >= 15 is 0 Å². The lowest BCUT2D eigenvalue weighted by Crippen LogP contribution is -2.27. The third-order valence-electron chi connectivity index (χ3n) is 5.20. The van der Waals surface area contributed by atoms with Gasteiger partial charge in [0.2, 0.25) is 0 Å². The van der Waals surface area contributed by atoms with Crippen LogP contribution in [0.3, 0.4) is 0 Å². The van der Waals surface area contributed by atoms with Crippen molar-refractivity contribution in [1.29, 1.82) is 0 Å². The SMILES string of the molecule is Cc1ccc(S(=O)(=O)N(C)c2ccc(C(=O)Nc3c(C)cccc3C)cc2C)cc1. The number of amides is 1. The van der Waals surface area contributed by atoms with Gasteiger partial charge in [0.1, 0.15) is 0 Å². The van der Waals surface area contributed by atoms with Crippen LogP contribution in [-0.4, -0.2) is 21.4 Å². The van der Waals surface area contributed by atoms with Gasteiger partial charge in [-0.15, -0.1) is 0 Å². The Morgan fingerprint density at radius 3 is 2.00 bits per heavy atom. The average Bonchev–Trinajstić information content (AvgIpc) is 2.70. The summed E-state index contributed by atoms with van der Waals surface area (Å²) in [4.78, 5) is 13.0. The zero-order chi connectivity index (χ0) is 22.1. The lowest BCUT2D eigenvalue weighted by molar-refractivity contribution is 0.102. The van der Waals surface area contributed by atoms with Crippen LogP contribution in [0, 0.1) is 27.7 Å². The van der Waals surface area contributed by atoms with Crippen LogP contribution in [-0.2, 0) is 10.0 Å². The first kappa shape index (κ1) is 21.6. The van der Waals surface area contributed by atoms with E-state index in [0.29, 0.717) is 16.8 Å². The van der Waals surface area contributed by atoms with Crippen LogP contribution in [0.4, 0.5) is 11.4 Å². The van der Waals surface area contributed by atoms with Gasteiger partial charge in [-0.3, -0.25) is 9.10 Å². The van der Waals surface area contributed by atoms with E-state index in [1.165, 1.54) is 11.4 Å². The molecule has 0 aliphatic heterocycles. The molecule has 6 heteroatoms. The minimum atomic E-state index is -3.69. The Morgan fingerprint density at radius 1 is 0.833 bits per heavy atom. The van der Waals surface area contributed by atoms with Gasteiger partial charge in [-0.25, -0.2) is 8.42 Å². The molecule has 1 amide bonds. The number of nitrogens with zero attached hydrogens (tertiary/aromatic N) is 1. The summed E-state index contributed by atoms with van der Waals surface area (Å²) in [6.07, 6.45) is 0. The summed E-state index contributed by atoms with van der Waals surface area (Å²) < 4.78 is 27.2. The smallest absolute Gasteiger partial charge is 0.264 e. The van der Waals surface area contributed by atoms with E-state index in [1.54, 1.807) is 49.4 Å². The summed E-state index contributed by atoms with van der Waals surface area (Å²) in [5.41, 5.74) is 5.46. The number of benzene rings is 3. The number of anilines is 2. The number of nitrogens with one attached hydrogen (secondary N) is 1. The molecule has 0 saturated carbocycles. The molecule has 1 N–H and O–H groups in total. The highest BCUT2D eigenvalue weighted by Crippen LogP contribution is 2.27. The average molecular weight is 423 g/mol. The van der Waals surface area contributed by atoms with E-state index < -0.39 is 10.0 Å². The molecule has 0 atom stereocenters. The Hall–Kier alpha value is -3.12. The largest absolute Gasteiger partial charge is 0.322 e. The molecule has 0 unspecified atom stereocenters. The maximum absolute atomic E-state index is 13.0. The minimum Gasteiger partial charge on any atom is -0.322 e. The van der Waals surface area contributed by atoms with E-state index in [-0.39, 0.29) is 10.8 Å². The van der Waals surface area contributed by atoms with Crippen LogP contribution in [0.25, 0.3) is 0 Å². The number of sulfonamides is 1. The number of para-hydroxylation sites is 1. The van der Waals surface area contributed by atoms with E-state index in [9.17, 15) is 13.2 Å². The van der Waals surface area contributed by atoms with Crippen molar-refractivity contribution in [3.05, 3.63) is 88.5 Å². The first-order valence-corrected chi connectivity index (χ1v) is 11.1. The summed E-state index contributed by atoms with van der Waals surface area (Å²) in [6.45, 7) is 7.60. The topological polar surface area (TPSA) is 66.5 Å². The van der Waals surface area contributed by atoms with Crippen LogP contribution >= 0.6 is 0 Å². The van der Waals surface area contributed by atoms with Crippen molar-refractivity contribution in [2.75, 3.05) is 16.7 Å². The molecular formula is C24H26N2O3S. The number of aryl methyl sites for hydroxylation is 4. The number of carbonyl (C=O) groups is 1. The molecule has 3 rings (SSSR count). The summed E-state index contributed by atoms with van der Waals surface area (Å²) in [7, 11) is -2.17. The molecule has 3 aromatic rings. The normalized spacial score (nSPS) is 11.2. The van der Waals surface area contributed by atoms with Crippen LogP contribution in [0.2, 0.25) is 0 Å². The molecule has 0 aliphatic carbocycles. The zero-order valence-corrected chi connectivity index (χ0v) is 18.7. The predicted molar refractivity (Wildman–Crippen MR) is 122 cm³/mol. The molecular weight excluding hydrogens is 396 g/mol. The second-order valence-electron chi connectivity index (χ2n) is 7.51. The van der Waals surface area contributed by atoms with Crippen molar-refractivity contribution < 1.29 is 13.2 Å². The fourth-order valence-corrected chi connectivity index (χ4v) is 4.61. The number of hydrogen-bond acceptors (Lipinski definition) is 3. The van der Waals surface area contributed by atoms with Gasteiger partial charge in [0.15, 0.2) is 0 Å². The van der Waals surface area contributed by atoms with Gasteiger partial charge in [-0.05, 0) is 74.7 Å². The number of rotatable bonds is 5. The van der Waals surface area contributed by atoms with Gasteiger partial charge < -0.3 is 5.32 Å². The fourth-order valence-electron chi connectivity index (χ4n) is 3.35. The van der Waals surface area contributed by atoms with Crippen molar-refractivity contribution in [3.8, 4) is 0 Å². The van der Waals surface area contributed by atoms with E-state index in [4.69, 9.17) is 0 Å². The lowest BCUT2D eigenvalue weighted by Gasteiger charge is -2.22. The maximum Gasteiger partial charge on any atom is 0.264 e. The molecule has 5 nitrogen and oxygen atoms in total. The highest BCUT2D eigenvalue weighted by Gasteiger charge is 2.23. The first-order chi connectivity index (χ1) is 14.1. The van der Waals surface area contributed by atoms with Crippen LogP contribution in [0.1, 0.15) is 32.6 Å². The molecule has 3 aromatic carbocycles. The fraction of sp³-hybridized carbons (Fsp3) is 0.208. The van der Waals surface area contributed by atoms with E-state index in [0.717, 1.165) is 22.4 Å². The van der Waals surface area contributed by atoms with Gasteiger partial charge in [-0.2, -0.15) is 0 Å². The standard InChI is InChI=1S/C24H26N2O3S/c1-16-9-12-21(13-10-16)30(28,29)26(5)22-14-11-20(15-19(22)4)24(27)25-23-17(2)7-6-8-18(23)3/h6-15H,1-5H3,(H,25,27). The van der Waals surface area contributed by atoms with Crippen LogP contribution < -0.4 is 9.62 Å². The summed E-state index contributed by atoms with van der Waals surface area (Å²) in [5, 5.41) is 2.96. The minimum absolute atomic E-state index is 0.229. The Balaban J connectivity index is 1.87. The van der Waals surface area contributed by atoms with Crippen LogP contribution in [0.5, 0.6) is 0 Å². The molecule has 0 aromatic heterocycles. The highest BCUT2D eigenvalue weighted by molar-refractivity contribution is 7.92. The van der Waals surface area contributed by atoms with Gasteiger partial charge in [-0.1, -0.05) is 35.9 Å². The third-order valence-corrected chi connectivity index (χ3v) is 6.98. The molecule has 0 fully saturated rings. The van der Waals surface area contributed by atoms with Crippen molar-refractivity contribution in [1.82, 2.24) is 0 Å². The number of carbonyl (C=O) groups excluding carboxylic acids is 1. The Morgan fingerprint density at radius 2 is 1.43 bits per heavy atom. The summed E-state index contributed by atoms with van der Waals surface area (Å²) in [6, 6.07) is 17.6. The molecule has 0 bridgehead atoms. The van der Waals surface area contributed by atoms with Crippen molar-refractivity contribution in [2.45, 2.75) is 32.6 Å². The summed E-state index contributed by atoms with van der Waals surface area (Å²) >= 11 is 0. The predicted octanol–water partition coefficient (Wildman–Crippen LogP) is 5.00. The highest BCUT2D eigenvalue weighted by atomic mass is 32.2. The summed E-state index contributed by atoms with van der Waals surface area (Å²) in [5.74, 6) is -0.230. The molecule has 0 heterocycles. The second kappa shape index (κ2) is 8.32. The molecule has 0 aliphatic rings. The van der Waals surface area contributed by atoms with Gasteiger partial charge in [0.05, 0.1) is 10.6 Å². The van der Waals surface area contributed by atoms with Crippen molar-refractivity contribution in [2.24, 2.45) is 0 Å². The molecule has 0 radical (unpaired) electrons.